The smallest absolute Gasteiger partial charge is 0.0410 e. The third kappa shape index (κ3) is 2.94. The first-order valence-corrected chi connectivity index (χ1v) is 4.49. The molecule has 1 aromatic carbocycles. The van der Waals surface area contributed by atoms with Crippen LogP contribution in [-0.2, 0) is 0 Å². The van der Waals surface area contributed by atoms with Gasteiger partial charge in [-0.15, -0.1) is 12.4 Å². The van der Waals surface area contributed by atoms with E-state index in [1.54, 1.807) is 0 Å². The molecule has 0 aliphatic heterocycles. The van der Waals surface area contributed by atoms with Crippen molar-refractivity contribution >= 4 is 39.9 Å². The molecule has 0 saturated carbocycles. The summed E-state index contributed by atoms with van der Waals surface area (Å²) in [6.07, 6.45) is 0. The standard InChI is InChI=1S/C8H9BrClN.ClH/c1-5(11)7-4-6(10)2-3-8(7)9;/h2-5H,11H2,1H3;1H/t5-;/m1./s1. The van der Waals surface area contributed by atoms with Crippen LogP contribution in [0.1, 0.15) is 18.5 Å². The summed E-state index contributed by atoms with van der Waals surface area (Å²) in [4.78, 5) is 0. The van der Waals surface area contributed by atoms with Crippen LogP contribution in [0.2, 0.25) is 5.02 Å². The van der Waals surface area contributed by atoms with E-state index in [2.05, 4.69) is 15.9 Å². The zero-order chi connectivity index (χ0) is 8.43. The maximum Gasteiger partial charge on any atom is 0.0410 e. The van der Waals surface area contributed by atoms with Gasteiger partial charge in [0.15, 0.2) is 0 Å². The van der Waals surface area contributed by atoms with E-state index in [0.29, 0.717) is 0 Å². The predicted molar refractivity (Wildman–Crippen MR) is 59.0 cm³/mol. The van der Waals surface area contributed by atoms with Crippen LogP contribution in [0.5, 0.6) is 0 Å². The van der Waals surface area contributed by atoms with Crippen molar-refractivity contribution in [2.45, 2.75) is 13.0 Å². The van der Waals surface area contributed by atoms with Gasteiger partial charge < -0.3 is 5.73 Å². The molecule has 0 fully saturated rings. The Morgan fingerprint density at radius 3 is 2.50 bits per heavy atom. The number of nitrogens with two attached hydrogens (primary N) is 1. The van der Waals surface area contributed by atoms with Crippen LogP contribution in [0.3, 0.4) is 0 Å². The number of rotatable bonds is 1. The largest absolute Gasteiger partial charge is 0.324 e. The van der Waals surface area contributed by atoms with Crippen LogP contribution < -0.4 is 5.73 Å². The van der Waals surface area contributed by atoms with Gasteiger partial charge >= 0.3 is 0 Å². The van der Waals surface area contributed by atoms with Crippen LogP contribution in [-0.4, -0.2) is 0 Å². The highest BCUT2D eigenvalue weighted by Gasteiger charge is 2.04. The minimum atomic E-state index is 0. The van der Waals surface area contributed by atoms with E-state index in [1.165, 1.54) is 0 Å². The summed E-state index contributed by atoms with van der Waals surface area (Å²) in [5, 5.41) is 0.723. The lowest BCUT2D eigenvalue weighted by Gasteiger charge is -2.07. The van der Waals surface area contributed by atoms with Crippen molar-refractivity contribution < 1.29 is 0 Å². The van der Waals surface area contributed by atoms with Crippen molar-refractivity contribution in [2.24, 2.45) is 5.73 Å². The second-order valence-electron chi connectivity index (χ2n) is 2.45. The number of hydrogen-bond donors (Lipinski definition) is 1. The molecule has 2 N–H and O–H groups in total. The van der Waals surface area contributed by atoms with Gasteiger partial charge in [0.2, 0.25) is 0 Å². The minimum Gasteiger partial charge on any atom is -0.324 e. The van der Waals surface area contributed by atoms with Crippen LogP contribution >= 0.6 is 39.9 Å². The molecule has 1 nitrogen and oxygen atoms in total. The Hall–Kier alpha value is 0.240. The van der Waals surface area contributed by atoms with Gasteiger partial charge in [-0.25, -0.2) is 0 Å². The molecule has 0 spiro atoms. The maximum absolute atomic E-state index is 5.78. The van der Waals surface area contributed by atoms with Crippen LogP contribution in [0, 0.1) is 0 Å². The second-order valence-corrected chi connectivity index (χ2v) is 3.75. The van der Waals surface area contributed by atoms with E-state index in [1.807, 2.05) is 25.1 Å². The molecule has 1 rings (SSSR count). The summed E-state index contributed by atoms with van der Waals surface area (Å²) in [6, 6.07) is 5.62. The first-order valence-electron chi connectivity index (χ1n) is 3.32. The molecule has 0 radical (unpaired) electrons. The molecular formula is C8H10BrCl2N. The second kappa shape index (κ2) is 5.07. The molecule has 0 heterocycles. The average Bonchev–Trinajstić information content (AvgIpc) is 1.94. The molecule has 0 unspecified atom stereocenters. The van der Waals surface area contributed by atoms with Gasteiger partial charge in [-0.1, -0.05) is 27.5 Å². The van der Waals surface area contributed by atoms with Crippen LogP contribution in [0.15, 0.2) is 22.7 Å². The molecular weight excluding hydrogens is 261 g/mol. The van der Waals surface area contributed by atoms with Crippen LogP contribution in [0.4, 0.5) is 0 Å². The summed E-state index contributed by atoms with van der Waals surface area (Å²) in [7, 11) is 0. The molecule has 0 amide bonds. The van der Waals surface area contributed by atoms with Crippen molar-refractivity contribution in [3.05, 3.63) is 33.3 Å². The fourth-order valence-electron chi connectivity index (χ4n) is 0.864. The van der Waals surface area contributed by atoms with E-state index in [-0.39, 0.29) is 18.4 Å². The Bertz CT molecular complexity index is 263. The molecule has 0 aromatic heterocycles. The molecule has 0 aliphatic rings. The van der Waals surface area contributed by atoms with Gasteiger partial charge in [0.25, 0.3) is 0 Å². The average molecular weight is 271 g/mol. The van der Waals surface area contributed by atoms with Crippen molar-refractivity contribution in [1.29, 1.82) is 0 Å². The Balaban J connectivity index is 0.00000121. The predicted octanol–water partition coefficient (Wildman–Crippen LogP) is 3.54. The van der Waals surface area contributed by atoms with Crippen molar-refractivity contribution in [1.82, 2.24) is 0 Å². The first kappa shape index (κ1) is 12.2. The minimum absolute atomic E-state index is 0. The van der Waals surface area contributed by atoms with Crippen molar-refractivity contribution in [3.63, 3.8) is 0 Å². The monoisotopic (exact) mass is 269 g/mol. The number of halogens is 3. The lowest BCUT2D eigenvalue weighted by molar-refractivity contribution is 0.813. The topological polar surface area (TPSA) is 26.0 Å². The third-order valence-electron chi connectivity index (χ3n) is 1.45. The highest BCUT2D eigenvalue weighted by Crippen LogP contribution is 2.24. The summed E-state index contributed by atoms with van der Waals surface area (Å²) in [5.74, 6) is 0. The lowest BCUT2D eigenvalue weighted by atomic mass is 10.1. The highest BCUT2D eigenvalue weighted by atomic mass is 79.9. The maximum atomic E-state index is 5.78. The lowest BCUT2D eigenvalue weighted by Crippen LogP contribution is -2.05. The molecule has 12 heavy (non-hydrogen) atoms. The van der Waals surface area contributed by atoms with Gasteiger partial charge in [-0.3, -0.25) is 0 Å². The summed E-state index contributed by atoms with van der Waals surface area (Å²) in [5.41, 5.74) is 6.73. The molecule has 4 heteroatoms. The molecule has 0 saturated heterocycles. The molecule has 68 valence electrons. The summed E-state index contributed by atoms with van der Waals surface area (Å²) in [6.45, 7) is 1.93. The van der Waals surface area contributed by atoms with Crippen LogP contribution in [0.25, 0.3) is 0 Å². The Morgan fingerprint density at radius 2 is 2.08 bits per heavy atom. The molecule has 1 aromatic rings. The van der Waals surface area contributed by atoms with Gasteiger partial charge in [0.1, 0.15) is 0 Å². The molecule has 1 atom stereocenters. The fraction of sp³-hybridized carbons (Fsp3) is 0.250. The highest BCUT2D eigenvalue weighted by molar-refractivity contribution is 9.10. The Labute approximate surface area is 91.8 Å². The van der Waals surface area contributed by atoms with E-state index >= 15 is 0 Å². The molecule has 0 aliphatic carbocycles. The zero-order valence-electron chi connectivity index (χ0n) is 6.55. The van der Waals surface area contributed by atoms with Gasteiger partial charge in [0, 0.05) is 15.5 Å². The Kier molecular flexibility index (Phi) is 5.18. The zero-order valence-corrected chi connectivity index (χ0v) is 9.71. The SMILES string of the molecule is C[C@@H](N)c1cc(Cl)ccc1Br.Cl. The van der Waals surface area contributed by atoms with Gasteiger partial charge in [-0.05, 0) is 30.7 Å². The summed E-state index contributed by atoms with van der Waals surface area (Å²) >= 11 is 9.18. The number of hydrogen-bond acceptors (Lipinski definition) is 1. The quantitative estimate of drug-likeness (QED) is 0.830. The number of benzene rings is 1. The normalized spacial score (nSPS) is 12.0. The fourth-order valence-corrected chi connectivity index (χ4v) is 1.65. The van der Waals surface area contributed by atoms with E-state index in [9.17, 15) is 0 Å². The van der Waals surface area contributed by atoms with E-state index in [4.69, 9.17) is 17.3 Å². The first-order chi connectivity index (χ1) is 5.11. The van der Waals surface area contributed by atoms with E-state index < -0.39 is 0 Å². The molecule has 0 bridgehead atoms. The van der Waals surface area contributed by atoms with Gasteiger partial charge in [-0.2, -0.15) is 0 Å². The van der Waals surface area contributed by atoms with Gasteiger partial charge in [0.05, 0.1) is 0 Å². The Morgan fingerprint density at radius 1 is 1.50 bits per heavy atom. The van der Waals surface area contributed by atoms with Crippen molar-refractivity contribution in [2.75, 3.05) is 0 Å². The van der Waals surface area contributed by atoms with Crippen molar-refractivity contribution in [3.8, 4) is 0 Å². The van der Waals surface area contributed by atoms with E-state index in [0.717, 1.165) is 15.1 Å². The third-order valence-corrected chi connectivity index (χ3v) is 2.41. The summed E-state index contributed by atoms with van der Waals surface area (Å²) < 4.78 is 1.01.